The van der Waals surface area contributed by atoms with Gasteiger partial charge in [-0.3, -0.25) is 19.4 Å². The first kappa shape index (κ1) is 27.2. The van der Waals surface area contributed by atoms with Crippen LogP contribution in [-0.2, 0) is 22.7 Å². The highest BCUT2D eigenvalue weighted by molar-refractivity contribution is 6.01. The molecule has 3 aromatic carbocycles. The highest BCUT2D eigenvalue weighted by Gasteiger charge is 2.38. The van der Waals surface area contributed by atoms with Gasteiger partial charge in [0.05, 0.1) is 0 Å². The van der Waals surface area contributed by atoms with E-state index in [2.05, 4.69) is 15.6 Å². The third-order valence-electron chi connectivity index (χ3n) is 6.51. The second-order valence-corrected chi connectivity index (χ2v) is 9.30. The van der Waals surface area contributed by atoms with Crippen LogP contribution in [0.4, 0.5) is 0 Å². The van der Waals surface area contributed by atoms with E-state index >= 15 is 0 Å². The molecule has 0 bridgehead atoms. The molecule has 1 heterocycles. The number of benzene rings is 3. The average Bonchev–Trinajstić information content (AvgIpc) is 3.26. The van der Waals surface area contributed by atoms with Gasteiger partial charge in [0.2, 0.25) is 11.8 Å². The van der Waals surface area contributed by atoms with Gasteiger partial charge in [-0.1, -0.05) is 60.7 Å². The summed E-state index contributed by atoms with van der Waals surface area (Å²) in [6.45, 7) is 0.785. The topological polar surface area (TPSA) is 163 Å². The Morgan fingerprint density at radius 1 is 0.949 bits per heavy atom. The maximum absolute atomic E-state index is 13.8. The maximum atomic E-state index is 13.8. The molecule has 0 fully saturated rings. The first-order valence-corrected chi connectivity index (χ1v) is 12.7. The molecule has 10 nitrogen and oxygen atoms in total. The summed E-state index contributed by atoms with van der Waals surface area (Å²) >= 11 is 0. The second kappa shape index (κ2) is 12.6. The average molecular weight is 529 g/mol. The first-order chi connectivity index (χ1) is 18.8. The van der Waals surface area contributed by atoms with Crippen LogP contribution in [0.25, 0.3) is 0 Å². The van der Waals surface area contributed by atoms with Gasteiger partial charge in [0.1, 0.15) is 17.8 Å². The summed E-state index contributed by atoms with van der Waals surface area (Å²) in [4.78, 5) is 45.8. The number of carbonyl (C=O) groups excluding carboxylic acids is 3. The van der Waals surface area contributed by atoms with Gasteiger partial charge in [-0.2, -0.15) is 0 Å². The van der Waals surface area contributed by atoms with Crippen LogP contribution in [0.1, 0.15) is 45.9 Å². The van der Waals surface area contributed by atoms with Crippen LogP contribution in [0.3, 0.4) is 0 Å². The minimum Gasteiger partial charge on any atom is -0.508 e. The lowest BCUT2D eigenvalue weighted by atomic mass is 10.0. The van der Waals surface area contributed by atoms with Crippen LogP contribution in [0.5, 0.6) is 5.75 Å². The number of nitrogens with two attached hydrogens (primary N) is 2. The van der Waals surface area contributed by atoms with Crippen LogP contribution >= 0.6 is 0 Å². The molecule has 1 aliphatic rings. The number of amides is 3. The molecule has 0 aliphatic carbocycles. The lowest BCUT2D eigenvalue weighted by Gasteiger charge is -2.29. The predicted molar refractivity (Wildman–Crippen MR) is 147 cm³/mol. The highest BCUT2D eigenvalue weighted by atomic mass is 16.3. The maximum Gasteiger partial charge on any atom is 0.255 e. The van der Waals surface area contributed by atoms with Crippen LogP contribution in [0.2, 0.25) is 0 Å². The summed E-state index contributed by atoms with van der Waals surface area (Å²) in [5, 5.41) is 15.2. The van der Waals surface area contributed by atoms with Crippen molar-refractivity contribution in [1.82, 2.24) is 15.5 Å². The van der Waals surface area contributed by atoms with Crippen molar-refractivity contribution in [1.29, 1.82) is 0 Å². The van der Waals surface area contributed by atoms with Gasteiger partial charge in [-0.05, 0) is 47.7 Å². The molecule has 0 saturated heterocycles. The second-order valence-electron chi connectivity index (χ2n) is 9.30. The molecule has 1 aliphatic heterocycles. The van der Waals surface area contributed by atoms with Crippen LogP contribution in [0, 0.1) is 0 Å². The lowest BCUT2D eigenvalue weighted by Crippen LogP contribution is -2.50. The van der Waals surface area contributed by atoms with Crippen molar-refractivity contribution in [2.24, 2.45) is 16.5 Å². The van der Waals surface area contributed by atoms with Crippen molar-refractivity contribution in [2.45, 2.75) is 38.0 Å². The van der Waals surface area contributed by atoms with Gasteiger partial charge in [-0.15, -0.1) is 0 Å². The monoisotopic (exact) mass is 528 g/mol. The van der Waals surface area contributed by atoms with Crippen molar-refractivity contribution in [3.8, 4) is 5.75 Å². The number of phenolic OH excluding ortho intramolecular Hbond substituents is 1. The SMILES string of the molecule is NC(N)=NCCC[C@@H](NC(=O)[C@@H](c1ccccc1)N1Cc2ccccc2C1=O)C(=O)NCc1ccc(O)cc1. The van der Waals surface area contributed by atoms with E-state index in [-0.39, 0.29) is 43.0 Å². The van der Waals surface area contributed by atoms with Gasteiger partial charge in [0, 0.05) is 25.2 Å². The molecule has 0 saturated carbocycles. The van der Waals surface area contributed by atoms with Crippen molar-refractivity contribution in [3.05, 3.63) is 101 Å². The molecular formula is C29H32N6O4. The molecule has 10 heteroatoms. The lowest BCUT2D eigenvalue weighted by molar-refractivity contribution is -0.132. The molecule has 0 radical (unpaired) electrons. The summed E-state index contributed by atoms with van der Waals surface area (Å²) < 4.78 is 0. The number of nitrogens with one attached hydrogen (secondary N) is 2. The molecule has 0 unspecified atom stereocenters. The number of aliphatic imine (C=N–C) groups is 1. The van der Waals surface area contributed by atoms with E-state index < -0.39 is 18.0 Å². The Hall–Kier alpha value is -4.86. The normalized spacial score (nSPS) is 13.7. The number of hydrogen-bond acceptors (Lipinski definition) is 5. The van der Waals surface area contributed by atoms with Gasteiger partial charge in [-0.25, -0.2) is 0 Å². The smallest absolute Gasteiger partial charge is 0.255 e. The first-order valence-electron chi connectivity index (χ1n) is 12.7. The third kappa shape index (κ3) is 6.92. The van der Waals surface area contributed by atoms with Crippen LogP contribution in [0.15, 0.2) is 83.9 Å². The van der Waals surface area contributed by atoms with E-state index in [9.17, 15) is 19.5 Å². The standard InChI is InChI=1S/C29H32N6O4/c30-29(31)32-16-6-11-24(26(37)33-17-19-12-14-22(36)15-13-19)34-27(38)25(20-7-2-1-3-8-20)35-18-21-9-4-5-10-23(21)28(35)39/h1-5,7-10,12-15,24-25,36H,6,11,16-18H2,(H,33,37)(H,34,38)(H4,30,31,32)/t24-,25-/m1/s1. The zero-order chi connectivity index (χ0) is 27.8. The minimum atomic E-state index is -0.934. The quantitative estimate of drug-likeness (QED) is 0.145. The van der Waals surface area contributed by atoms with Crippen LogP contribution in [-0.4, -0.2) is 46.3 Å². The minimum absolute atomic E-state index is 0.0522. The molecule has 3 amide bonds. The Kier molecular flexibility index (Phi) is 8.78. The van der Waals surface area contributed by atoms with Crippen molar-refractivity contribution < 1.29 is 19.5 Å². The largest absolute Gasteiger partial charge is 0.508 e. The van der Waals surface area contributed by atoms with E-state index in [1.807, 2.05) is 18.2 Å². The van der Waals surface area contributed by atoms with Crippen molar-refractivity contribution in [2.75, 3.05) is 6.54 Å². The molecule has 202 valence electrons. The molecule has 39 heavy (non-hydrogen) atoms. The number of fused-ring (bicyclic) bond motifs is 1. The van der Waals surface area contributed by atoms with Crippen molar-refractivity contribution in [3.63, 3.8) is 0 Å². The van der Waals surface area contributed by atoms with E-state index in [0.29, 0.717) is 24.1 Å². The zero-order valence-corrected chi connectivity index (χ0v) is 21.4. The van der Waals surface area contributed by atoms with Gasteiger partial charge in [0.25, 0.3) is 5.91 Å². The summed E-state index contributed by atoms with van der Waals surface area (Å²) in [5.41, 5.74) is 13.7. The Morgan fingerprint density at radius 2 is 1.64 bits per heavy atom. The zero-order valence-electron chi connectivity index (χ0n) is 21.4. The number of phenols is 1. The Balaban J connectivity index is 1.54. The number of nitrogens with zero attached hydrogens (tertiary/aromatic N) is 2. The number of aromatic hydroxyl groups is 1. The predicted octanol–water partition coefficient (Wildman–Crippen LogP) is 1.94. The molecular weight excluding hydrogens is 496 g/mol. The van der Waals surface area contributed by atoms with E-state index in [4.69, 9.17) is 11.5 Å². The Morgan fingerprint density at radius 3 is 2.33 bits per heavy atom. The number of rotatable bonds is 11. The summed E-state index contributed by atoms with van der Waals surface area (Å²) in [6.07, 6.45) is 0.721. The van der Waals surface area contributed by atoms with Crippen LogP contribution < -0.4 is 22.1 Å². The molecule has 0 spiro atoms. The van der Waals surface area contributed by atoms with E-state index in [0.717, 1.165) is 11.1 Å². The summed E-state index contributed by atoms with van der Waals surface area (Å²) in [5.74, 6) is -1.02. The fourth-order valence-corrected chi connectivity index (χ4v) is 4.54. The Bertz CT molecular complexity index is 1340. The third-order valence-corrected chi connectivity index (χ3v) is 6.51. The van der Waals surface area contributed by atoms with Gasteiger partial charge >= 0.3 is 0 Å². The van der Waals surface area contributed by atoms with E-state index in [1.54, 1.807) is 48.5 Å². The molecule has 0 aromatic heterocycles. The molecule has 7 N–H and O–H groups in total. The van der Waals surface area contributed by atoms with E-state index in [1.165, 1.54) is 17.0 Å². The fraction of sp³-hybridized carbons (Fsp3) is 0.241. The highest BCUT2D eigenvalue weighted by Crippen LogP contribution is 2.31. The Labute approximate surface area is 226 Å². The molecule has 2 atom stereocenters. The summed E-state index contributed by atoms with van der Waals surface area (Å²) in [6, 6.07) is 20.9. The van der Waals surface area contributed by atoms with Gasteiger partial charge < -0.3 is 32.1 Å². The van der Waals surface area contributed by atoms with Gasteiger partial charge in [0.15, 0.2) is 5.96 Å². The fourth-order valence-electron chi connectivity index (χ4n) is 4.54. The molecule has 4 rings (SSSR count). The molecule has 3 aromatic rings. The summed E-state index contributed by atoms with van der Waals surface area (Å²) in [7, 11) is 0. The number of hydrogen-bond donors (Lipinski definition) is 5. The number of guanidine groups is 1. The number of carbonyl (C=O) groups is 3. The van der Waals surface area contributed by atoms with Crippen molar-refractivity contribution >= 4 is 23.7 Å².